The molecule has 1 aromatic heterocycles. The van der Waals surface area contributed by atoms with Gasteiger partial charge in [0.2, 0.25) is 0 Å². The number of halogens is 1. The fraction of sp³-hybridized carbons (Fsp3) is 0. The van der Waals surface area contributed by atoms with Crippen LogP contribution in [0.5, 0.6) is 0 Å². The van der Waals surface area contributed by atoms with E-state index in [2.05, 4.69) is 4.98 Å². The van der Waals surface area contributed by atoms with Gasteiger partial charge in [-0.05, 0) is 12.1 Å². The summed E-state index contributed by atoms with van der Waals surface area (Å²) in [6, 6.07) is 3.89. The van der Waals surface area contributed by atoms with Crippen LogP contribution in [0.4, 0.5) is 4.32 Å². The molecule has 50 valence electrons. The molecule has 0 aromatic carbocycles. The number of hydrogen-bond acceptors (Lipinski definition) is 2. The summed E-state index contributed by atoms with van der Waals surface area (Å²) in [5.74, 6) is 0. The lowest BCUT2D eigenvalue weighted by molar-refractivity contribution is 0.340. The first-order valence-electron chi connectivity index (χ1n) is 2.31. The SMILES string of the molecule is OB(O)F.c1cc[nH]c1. The maximum absolute atomic E-state index is 10.1. The van der Waals surface area contributed by atoms with Crippen LogP contribution in [0.1, 0.15) is 0 Å². The highest BCUT2D eigenvalue weighted by molar-refractivity contribution is 6.31. The maximum Gasteiger partial charge on any atom is 0.674 e. The van der Waals surface area contributed by atoms with Gasteiger partial charge in [-0.1, -0.05) is 0 Å². The third-order valence-corrected chi connectivity index (χ3v) is 0.496. The highest BCUT2D eigenvalue weighted by atomic mass is 19.1. The largest absolute Gasteiger partial charge is 0.674 e. The minimum absolute atomic E-state index is 1.88. The molecule has 0 aliphatic carbocycles. The number of H-pyrrole nitrogens is 1. The molecule has 0 fully saturated rings. The van der Waals surface area contributed by atoms with E-state index in [1.807, 2.05) is 24.5 Å². The van der Waals surface area contributed by atoms with Crippen LogP contribution in [0, 0.1) is 0 Å². The van der Waals surface area contributed by atoms with Gasteiger partial charge in [-0.25, -0.2) is 0 Å². The molecule has 3 nitrogen and oxygen atoms in total. The number of hydrogen-bond donors (Lipinski definition) is 3. The minimum Gasteiger partial charge on any atom is -0.398 e. The quantitative estimate of drug-likeness (QED) is 0.432. The second-order valence-corrected chi connectivity index (χ2v) is 1.20. The zero-order valence-corrected chi connectivity index (χ0v) is 4.66. The second-order valence-electron chi connectivity index (χ2n) is 1.20. The van der Waals surface area contributed by atoms with Crippen LogP contribution in [-0.2, 0) is 0 Å². The Morgan fingerprint density at radius 1 is 1.22 bits per heavy atom. The molecule has 0 bridgehead atoms. The fourth-order valence-corrected chi connectivity index (χ4v) is 0.278. The van der Waals surface area contributed by atoms with Gasteiger partial charge in [0.1, 0.15) is 0 Å². The van der Waals surface area contributed by atoms with Gasteiger partial charge in [-0.3, -0.25) is 4.32 Å². The van der Waals surface area contributed by atoms with Crippen molar-refractivity contribution in [3.63, 3.8) is 0 Å². The highest BCUT2D eigenvalue weighted by Gasteiger charge is 1.97. The first-order valence-corrected chi connectivity index (χ1v) is 2.31. The number of rotatable bonds is 0. The highest BCUT2D eigenvalue weighted by Crippen LogP contribution is 1.72. The van der Waals surface area contributed by atoms with Gasteiger partial charge >= 0.3 is 7.40 Å². The molecule has 0 atom stereocenters. The van der Waals surface area contributed by atoms with Crippen LogP contribution in [-0.4, -0.2) is 22.4 Å². The van der Waals surface area contributed by atoms with Crippen LogP contribution in [0.3, 0.4) is 0 Å². The average Bonchev–Trinajstić information content (AvgIpc) is 2.11. The van der Waals surface area contributed by atoms with Crippen LogP contribution >= 0.6 is 0 Å². The molecular weight excluding hydrogens is 124 g/mol. The lowest BCUT2D eigenvalue weighted by atomic mass is 10.3. The maximum atomic E-state index is 10.1. The molecule has 0 radical (unpaired) electrons. The zero-order valence-electron chi connectivity index (χ0n) is 4.66. The molecule has 5 heteroatoms. The first-order chi connectivity index (χ1) is 4.23. The second kappa shape index (κ2) is 5.33. The molecule has 0 unspecified atom stereocenters. The molecule has 0 aliphatic rings. The van der Waals surface area contributed by atoms with Gasteiger partial charge in [0.05, 0.1) is 0 Å². The van der Waals surface area contributed by atoms with Crippen molar-refractivity contribution in [3.8, 4) is 0 Å². The molecule has 0 saturated carbocycles. The van der Waals surface area contributed by atoms with Crippen molar-refractivity contribution in [2.24, 2.45) is 0 Å². The Morgan fingerprint density at radius 2 is 1.56 bits per heavy atom. The average molecular weight is 131 g/mol. The van der Waals surface area contributed by atoms with Crippen molar-refractivity contribution in [3.05, 3.63) is 24.5 Å². The van der Waals surface area contributed by atoms with Gasteiger partial charge in [0.15, 0.2) is 0 Å². The molecule has 3 N–H and O–H groups in total. The third-order valence-electron chi connectivity index (χ3n) is 0.496. The van der Waals surface area contributed by atoms with E-state index in [1.54, 1.807) is 0 Å². The summed E-state index contributed by atoms with van der Waals surface area (Å²) in [6.07, 6.45) is 3.75. The molecular formula is C4H7BFNO2. The monoisotopic (exact) mass is 131 g/mol. The number of aromatic nitrogens is 1. The van der Waals surface area contributed by atoms with Crippen molar-refractivity contribution < 1.29 is 14.4 Å². The van der Waals surface area contributed by atoms with E-state index in [4.69, 9.17) is 10.0 Å². The normalized spacial score (nSPS) is 7.44. The Hall–Kier alpha value is -0.805. The molecule has 1 aromatic rings. The summed E-state index contributed by atoms with van der Waals surface area (Å²) < 4.78 is 10.1. The number of aromatic amines is 1. The molecule has 0 spiro atoms. The van der Waals surface area contributed by atoms with Crippen molar-refractivity contribution in [1.29, 1.82) is 0 Å². The lowest BCUT2D eigenvalue weighted by Crippen LogP contribution is -1.98. The first kappa shape index (κ1) is 8.19. The van der Waals surface area contributed by atoms with Crippen molar-refractivity contribution >= 4 is 7.40 Å². The Balaban J connectivity index is 0.000000148. The summed E-state index contributed by atoms with van der Waals surface area (Å²) in [6.45, 7) is 0. The van der Waals surface area contributed by atoms with Crippen molar-refractivity contribution in [2.45, 2.75) is 0 Å². The van der Waals surface area contributed by atoms with Crippen LogP contribution in [0.15, 0.2) is 24.5 Å². The van der Waals surface area contributed by atoms with E-state index >= 15 is 0 Å². The van der Waals surface area contributed by atoms with Gasteiger partial charge in [0.25, 0.3) is 0 Å². The Kier molecular flexibility index (Phi) is 4.86. The third kappa shape index (κ3) is 11.0. The summed E-state index contributed by atoms with van der Waals surface area (Å²) >= 11 is 0. The van der Waals surface area contributed by atoms with Crippen molar-refractivity contribution in [2.75, 3.05) is 0 Å². The lowest BCUT2D eigenvalue weighted by Gasteiger charge is -1.65. The topological polar surface area (TPSA) is 56.2 Å². The predicted molar refractivity (Wildman–Crippen MR) is 32.1 cm³/mol. The molecule has 1 heterocycles. The molecule has 0 saturated heterocycles. The minimum atomic E-state index is -2.67. The zero-order chi connectivity index (χ0) is 7.11. The standard InChI is InChI=1S/C4H5N.BFH2O2/c1-2-4-5-3-1;2-1(3)4/h1-5H;3-4H. The summed E-state index contributed by atoms with van der Waals surface area (Å²) in [7, 11) is -2.67. The summed E-state index contributed by atoms with van der Waals surface area (Å²) in [5.41, 5.74) is 0. The van der Waals surface area contributed by atoms with Crippen LogP contribution < -0.4 is 0 Å². The predicted octanol–water partition coefficient (Wildman–Crippen LogP) is -0.0599. The van der Waals surface area contributed by atoms with Gasteiger partial charge in [0, 0.05) is 12.4 Å². The Labute approximate surface area is 52.3 Å². The smallest absolute Gasteiger partial charge is 0.398 e. The van der Waals surface area contributed by atoms with E-state index in [9.17, 15) is 4.32 Å². The van der Waals surface area contributed by atoms with Gasteiger partial charge in [-0.15, -0.1) is 0 Å². The van der Waals surface area contributed by atoms with Gasteiger partial charge < -0.3 is 15.0 Å². The van der Waals surface area contributed by atoms with Crippen molar-refractivity contribution in [1.82, 2.24) is 4.98 Å². The Bertz CT molecular complexity index is 102. The fourth-order valence-electron chi connectivity index (χ4n) is 0.278. The van der Waals surface area contributed by atoms with E-state index < -0.39 is 7.40 Å². The van der Waals surface area contributed by atoms with E-state index in [0.717, 1.165) is 0 Å². The van der Waals surface area contributed by atoms with Crippen LogP contribution in [0.2, 0.25) is 0 Å². The molecule has 0 aliphatic heterocycles. The van der Waals surface area contributed by atoms with Crippen LogP contribution in [0.25, 0.3) is 0 Å². The summed E-state index contributed by atoms with van der Waals surface area (Å²) in [4.78, 5) is 2.86. The number of nitrogens with one attached hydrogen (secondary N) is 1. The molecule has 1 rings (SSSR count). The Morgan fingerprint density at radius 3 is 1.67 bits per heavy atom. The van der Waals surface area contributed by atoms with Gasteiger partial charge in [-0.2, -0.15) is 0 Å². The van der Waals surface area contributed by atoms with E-state index in [0.29, 0.717) is 0 Å². The summed E-state index contributed by atoms with van der Waals surface area (Å²) in [5, 5.41) is 13.9. The molecule has 0 amide bonds. The molecule has 9 heavy (non-hydrogen) atoms. The van der Waals surface area contributed by atoms with E-state index in [-0.39, 0.29) is 0 Å². The van der Waals surface area contributed by atoms with E-state index in [1.165, 1.54) is 0 Å².